The molecule has 4 aromatic rings. The summed E-state index contributed by atoms with van der Waals surface area (Å²) in [5.41, 5.74) is 7.42. The van der Waals surface area contributed by atoms with E-state index >= 15 is 0 Å². The molecule has 42 heavy (non-hydrogen) atoms. The van der Waals surface area contributed by atoms with Gasteiger partial charge in [-0.25, -0.2) is 13.8 Å². The Morgan fingerprint density at radius 1 is 0.857 bits per heavy atom. The van der Waals surface area contributed by atoms with Crippen LogP contribution in [0.25, 0.3) is 0 Å². The van der Waals surface area contributed by atoms with E-state index in [2.05, 4.69) is 10.5 Å². The van der Waals surface area contributed by atoms with Crippen molar-refractivity contribution in [2.75, 3.05) is 17.5 Å². The van der Waals surface area contributed by atoms with Gasteiger partial charge in [0.1, 0.15) is 13.2 Å². The largest absolute Gasteiger partial charge is 0.490 e. The number of hydrazone groups is 1. The molecule has 8 nitrogen and oxygen atoms in total. The molecule has 9 heteroatoms. The summed E-state index contributed by atoms with van der Waals surface area (Å²) in [4.78, 5) is 13.1. The minimum atomic E-state index is -4.02. The normalized spacial score (nSPS) is 11.3. The molecule has 0 fully saturated rings. The van der Waals surface area contributed by atoms with Gasteiger partial charge in [0.2, 0.25) is 0 Å². The lowest BCUT2D eigenvalue weighted by molar-refractivity contribution is -0.119. The van der Waals surface area contributed by atoms with Crippen molar-refractivity contribution in [1.29, 1.82) is 0 Å². The highest BCUT2D eigenvalue weighted by atomic mass is 32.2. The first-order valence-electron chi connectivity index (χ1n) is 13.6. The average Bonchev–Trinajstić information content (AvgIpc) is 2.98. The van der Waals surface area contributed by atoms with E-state index in [0.717, 1.165) is 26.6 Å². The molecule has 0 saturated carbocycles. The monoisotopic (exact) mass is 585 g/mol. The van der Waals surface area contributed by atoms with Crippen molar-refractivity contribution in [2.24, 2.45) is 5.10 Å². The molecule has 4 aromatic carbocycles. The number of nitrogens with one attached hydrogen (secondary N) is 1. The third-order valence-electron chi connectivity index (χ3n) is 6.58. The molecule has 0 bridgehead atoms. The second-order valence-electron chi connectivity index (χ2n) is 9.80. The van der Waals surface area contributed by atoms with E-state index < -0.39 is 22.5 Å². The number of aryl methyl sites for hydroxylation is 3. The van der Waals surface area contributed by atoms with Gasteiger partial charge in [-0.1, -0.05) is 54.1 Å². The number of carbonyl (C=O) groups excluding carboxylic acids is 1. The first-order valence-corrected chi connectivity index (χ1v) is 15.0. The Balaban J connectivity index is 1.49. The van der Waals surface area contributed by atoms with Gasteiger partial charge in [-0.15, -0.1) is 0 Å². The molecule has 0 aliphatic heterocycles. The summed E-state index contributed by atoms with van der Waals surface area (Å²) in [7, 11) is -4.02. The van der Waals surface area contributed by atoms with E-state index in [1.54, 1.807) is 42.5 Å². The van der Waals surface area contributed by atoms with Gasteiger partial charge in [0.25, 0.3) is 15.9 Å². The summed E-state index contributed by atoms with van der Waals surface area (Å²) in [6.07, 6.45) is 1.47. The van der Waals surface area contributed by atoms with Crippen LogP contribution in [-0.4, -0.2) is 33.7 Å². The molecule has 0 aliphatic rings. The van der Waals surface area contributed by atoms with Crippen molar-refractivity contribution in [2.45, 2.75) is 39.2 Å². The number of hydrogen-bond donors (Lipinski definition) is 1. The minimum Gasteiger partial charge on any atom is -0.490 e. The summed E-state index contributed by atoms with van der Waals surface area (Å²) < 4.78 is 40.1. The van der Waals surface area contributed by atoms with Crippen molar-refractivity contribution in [3.05, 3.63) is 119 Å². The van der Waals surface area contributed by atoms with E-state index in [-0.39, 0.29) is 4.90 Å². The van der Waals surface area contributed by atoms with E-state index in [0.29, 0.717) is 36.0 Å². The van der Waals surface area contributed by atoms with Crippen LogP contribution in [0.4, 0.5) is 5.69 Å². The van der Waals surface area contributed by atoms with Gasteiger partial charge < -0.3 is 9.47 Å². The molecular weight excluding hydrogens is 550 g/mol. The lowest BCUT2D eigenvalue weighted by Crippen LogP contribution is -2.39. The molecule has 0 unspecified atom stereocenters. The SMILES string of the molecule is CCOc1cc(/C=N\NC(=O)CN(c2ccc(C)c(C)c2)S(=O)(=O)c2ccc(C)cc2)ccc1OCc1ccccc1. The summed E-state index contributed by atoms with van der Waals surface area (Å²) in [6.45, 7) is 7.99. The van der Waals surface area contributed by atoms with Gasteiger partial charge in [-0.05, 0) is 92.4 Å². The fourth-order valence-electron chi connectivity index (χ4n) is 4.11. The first-order chi connectivity index (χ1) is 20.2. The summed E-state index contributed by atoms with van der Waals surface area (Å²) in [5, 5.41) is 4.07. The number of hydrogen-bond acceptors (Lipinski definition) is 6. The standard InChI is InChI=1S/C33H35N3O5S/c1-5-40-32-20-28(14-18-31(32)41-23-27-9-7-6-8-10-27)21-34-35-33(37)22-36(29-15-13-25(3)26(4)19-29)42(38,39)30-16-11-24(2)12-17-30/h6-21H,5,22-23H2,1-4H3,(H,35,37)/b34-21-. The smallest absolute Gasteiger partial charge is 0.264 e. The van der Waals surface area contributed by atoms with Crippen LogP contribution in [0.3, 0.4) is 0 Å². The van der Waals surface area contributed by atoms with Gasteiger partial charge in [0.05, 0.1) is 23.4 Å². The van der Waals surface area contributed by atoms with Crippen molar-refractivity contribution in [1.82, 2.24) is 5.43 Å². The predicted octanol–water partition coefficient (Wildman–Crippen LogP) is 5.94. The number of sulfonamides is 1. The molecule has 0 aliphatic carbocycles. The Morgan fingerprint density at radius 3 is 2.29 bits per heavy atom. The zero-order chi connectivity index (χ0) is 30.1. The molecule has 1 amide bonds. The van der Waals surface area contributed by atoms with Gasteiger partial charge in [-0.3, -0.25) is 9.10 Å². The van der Waals surface area contributed by atoms with Crippen LogP contribution in [0.2, 0.25) is 0 Å². The maximum atomic E-state index is 13.6. The molecular formula is C33H35N3O5S. The van der Waals surface area contributed by atoms with Crippen LogP contribution in [-0.2, 0) is 21.4 Å². The lowest BCUT2D eigenvalue weighted by atomic mass is 10.1. The van der Waals surface area contributed by atoms with E-state index in [1.807, 2.05) is 64.1 Å². The Bertz CT molecular complexity index is 1650. The van der Waals surface area contributed by atoms with Crippen molar-refractivity contribution in [3.63, 3.8) is 0 Å². The highest BCUT2D eigenvalue weighted by Crippen LogP contribution is 2.29. The predicted molar refractivity (Wildman–Crippen MR) is 166 cm³/mol. The number of amides is 1. The highest BCUT2D eigenvalue weighted by molar-refractivity contribution is 7.92. The molecule has 0 radical (unpaired) electrons. The van der Waals surface area contributed by atoms with Crippen LogP contribution < -0.4 is 19.2 Å². The molecule has 4 rings (SSSR count). The molecule has 1 N–H and O–H groups in total. The maximum Gasteiger partial charge on any atom is 0.264 e. The fraction of sp³-hybridized carbons (Fsp3) is 0.212. The molecule has 0 atom stereocenters. The number of carbonyl (C=O) groups is 1. The third-order valence-corrected chi connectivity index (χ3v) is 8.37. The lowest BCUT2D eigenvalue weighted by Gasteiger charge is -2.24. The minimum absolute atomic E-state index is 0.0978. The first kappa shape index (κ1) is 30.3. The number of rotatable bonds is 12. The molecule has 0 spiro atoms. The molecule has 218 valence electrons. The van der Waals surface area contributed by atoms with Crippen molar-refractivity contribution in [3.8, 4) is 11.5 Å². The quantitative estimate of drug-likeness (QED) is 0.164. The average molecular weight is 586 g/mol. The summed E-state index contributed by atoms with van der Waals surface area (Å²) in [5.74, 6) is 0.550. The third kappa shape index (κ3) is 7.76. The van der Waals surface area contributed by atoms with E-state index in [4.69, 9.17) is 9.47 Å². The van der Waals surface area contributed by atoms with Gasteiger partial charge in [0.15, 0.2) is 11.5 Å². The Kier molecular flexibility index (Phi) is 9.98. The van der Waals surface area contributed by atoms with Crippen LogP contribution >= 0.6 is 0 Å². The topological polar surface area (TPSA) is 97.3 Å². The Morgan fingerprint density at radius 2 is 1.60 bits per heavy atom. The van der Waals surface area contributed by atoms with E-state index in [9.17, 15) is 13.2 Å². The number of nitrogens with zero attached hydrogens (tertiary/aromatic N) is 2. The number of ether oxygens (including phenoxy) is 2. The van der Waals surface area contributed by atoms with Crippen molar-refractivity contribution >= 4 is 27.8 Å². The Hall–Kier alpha value is -4.63. The van der Waals surface area contributed by atoms with Gasteiger partial charge in [-0.2, -0.15) is 5.10 Å². The van der Waals surface area contributed by atoms with Crippen molar-refractivity contribution < 1.29 is 22.7 Å². The maximum absolute atomic E-state index is 13.6. The zero-order valence-corrected chi connectivity index (χ0v) is 25.0. The highest BCUT2D eigenvalue weighted by Gasteiger charge is 2.27. The molecule has 0 heterocycles. The summed E-state index contributed by atoms with van der Waals surface area (Å²) >= 11 is 0. The van der Waals surface area contributed by atoms with Crippen LogP contribution in [0.15, 0.2) is 101 Å². The zero-order valence-electron chi connectivity index (χ0n) is 24.2. The van der Waals surface area contributed by atoms with Crippen LogP contribution in [0.1, 0.15) is 34.7 Å². The Labute approximate surface area is 247 Å². The van der Waals surface area contributed by atoms with Crippen LogP contribution in [0, 0.1) is 20.8 Å². The van der Waals surface area contributed by atoms with E-state index in [1.165, 1.54) is 18.3 Å². The second-order valence-corrected chi connectivity index (χ2v) is 11.7. The summed E-state index contributed by atoms with van der Waals surface area (Å²) in [6, 6.07) is 27.0. The van der Waals surface area contributed by atoms with Gasteiger partial charge in [0, 0.05) is 0 Å². The molecule has 0 saturated heterocycles. The van der Waals surface area contributed by atoms with Crippen LogP contribution in [0.5, 0.6) is 11.5 Å². The van der Waals surface area contributed by atoms with Gasteiger partial charge >= 0.3 is 0 Å². The second kappa shape index (κ2) is 13.8. The number of benzene rings is 4. The molecule has 0 aromatic heterocycles. The number of anilines is 1. The fourth-order valence-corrected chi connectivity index (χ4v) is 5.52.